The Kier molecular flexibility index (Phi) is 3.80. The van der Waals surface area contributed by atoms with E-state index in [0.29, 0.717) is 6.04 Å². The summed E-state index contributed by atoms with van der Waals surface area (Å²) in [4.78, 5) is 8.65. The number of rotatable bonds is 1. The fourth-order valence-corrected chi connectivity index (χ4v) is 4.56. The molecular weight excluding hydrogens is 360 g/mol. The number of aliphatic imine (C=N–C) groups is 1. The topological polar surface area (TPSA) is 24.8 Å². The highest BCUT2D eigenvalue weighted by atomic mass is 79.9. The SMILES string of the molecule is Cc1ccc2c(c1)C(c1ccc(Br)s1)=NCC1COCCN21. The second kappa shape index (κ2) is 5.80. The van der Waals surface area contributed by atoms with Crippen molar-refractivity contribution >= 4 is 38.7 Å². The summed E-state index contributed by atoms with van der Waals surface area (Å²) >= 11 is 5.31. The average molecular weight is 377 g/mol. The molecule has 2 aliphatic heterocycles. The van der Waals surface area contributed by atoms with Crippen molar-refractivity contribution in [3.8, 4) is 0 Å². The molecule has 114 valence electrons. The third kappa shape index (κ3) is 2.51. The molecule has 4 rings (SSSR count). The molecule has 0 amide bonds. The Morgan fingerprint density at radius 1 is 1.32 bits per heavy atom. The maximum atomic E-state index is 5.66. The average Bonchev–Trinajstić information content (AvgIpc) is 2.88. The van der Waals surface area contributed by atoms with Gasteiger partial charge < -0.3 is 9.64 Å². The van der Waals surface area contributed by atoms with Crippen LogP contribution in [-0.2, 0) is 4.74 Å². The number of fused-ring (bicyclic) bond motifs is 3. The van der Waals surface area contributed by atoms with Gasteiger partial charge in [0.1, 0.15) is 0 Å². The van der Waals surface area contributed by atoms with Crippen LogP contribution in [0.15, 0.2) is 39.1 Å². The first kappa shape index (κ1) is 14.4. The van der Waals surface area contributed by atoms with Gasteiger partial charge in [0.05, 0.1) is 40.2 Å². The number of morpholine rings is 1. The Hall–Kier alpha value is -1.17. The monoisotopic (exact) mass is 376 g/mol. The van der Waals surface area contributed by atoms with Crippen LogP contribution in [0.4, 0.5) is 5.69 Å². The zero-order valence-electron chi connectivity index (χ0n) is 12.4. The molecule has 1 atom stereocenters. The van der Waals surface area contributed by atoms with Crippen molar-refractivity contribution in [2.75, 3.05) is 31.2 Å². The summed E-state index contributed by atoms with van der Waals surface area (Å²) in [6, 6.07) is 11.3. The number of benzene rings is 1. The number of thiophene rings is 1. The summed E-state index contributed by atoms with van der Waals surface area (Å²) < 4.78 is 6.81. The first-order valence-corrected chi connectivity index (χ1v) is 9.09. The maximum Gasteiger partial charge on any atom is 0.0840 e. The van der Waals surface area contributed by atoms with Crippen molar-refractivity contribution in [2.24, 2.45) is 4.99 Å². The third-order valence-corrected chi connectivity index (χ3v) is 5.84. The predicted octanol–water partition coefficient (Wildman–Crippen LogP) is 3.88. The number of halogens is 1. The molecule has 0 saturated carbocycles. The molecule has 1 aromatic carbocycles. The van der Waals surface area contributed by atoms with Gasteiger partial charge in [-0.25, -0.2) is 0 Å². The van der Waals surface area contributed by atoms with E-state index in [9.17, 15) is 0 Å². The lowest BCUT2D eigenvalue weighted by atomic mass is 10.0. The van der Waals surface area contributed by atoms with E-state index in [1.807, 2.05) is 0 Å². The largest absolute Gasteiger partial charge is 0.377 e. The summed E-state index contributed by atoms with van der Waals surface area (Å²) in [6.45, 7) is 5.43. The van der Waals surface area contributed by atoms with E-state index in [4.69, 9.17) is 9.73 Å². The second-order valence-electron chi connectivity index (χ2n) is 5.74. The summed E-state index contributed by atoms with van der Waals surface area (Å²) in [6.07, 6.45) is 0. The molecule has 2 aliphatic rings. The van der Waals surface area contributed by atoms with E-state index >= 15 is 0 Å². The fraction of sp³-hybridized carbons (Fsp3) is 0.353. The van der Waals surface area contributed by atoms with E-state index in [2.05, 4.69) is 58.1 Å². The van der Waals surface area contributed by atoms with E-state index in [1.54, 1.807) is 11.3 Å². The van der Waals surface area contributed by atoms with Gasteiger partial charge in [-0.1, -0.05) is 11.6 Å². The molecule has 3 heterocycles. The number of nitrogens with zero attached hydrogens (tertiary/aromatic N) is 2. The predicted molar refractivity (Wildman–Crippen MR) is 95.7 cm³/mol. The Balaban J connectivity index is 1.88. The standard InChI is InChI=1S/C17H17BrN2OS/c1-11-2-3-14-13(8-11)17(15-4-5-16(18)22-15)19-9-12-10-21-7-6-20(12)14/h2-5,8,12H,6-7,9-10H2,1H3. The normalized spacial score (nSPS) is 20.9. The molecule has 1 saturated heterocycles. The molecule has 0 bridgehead atoms. The minimum Gasteiger partial charge on any atom is -0.377 e. The van der Waals surface area contributed by atoms with Crippen LogP contribution in [0, 0.1) is 6.92 Å². The molecule has 0 radical (unpaired) electrons. The fourth-order valence-electron chi connectivity index (χ4n) is 3.15. The zero-order valence-corrected chi connectivity index (χ0v) is 14.8. The van der Waals surface area contributed by atoms with Crippen molar-refractivity contribution in [3.05, 3.63) is 50.1 Å². The summed E-state index contributed by atoms with van der Waals surface area (Å²) in [5, 5.41) is 0. The highest BCUT2D eigenvalue weighted by Gasteiger charge is 2.29. The summed E-state index contributed by atoms with van der Waals surface area (Å²) in [7, 11) is 0. The Morgan fingerprint density at radius 2 is 2.23 bits per heavy atom. The van der Waals surface area contributed by atoms with Crippen LogP contribution < -0.4 is 4.90 Å². The number of hydrogen-bond acceptors (Lipinski definition) is 4. The van der Waals surface area contributed by atoms with Gasteiger partial charge in [0.2, 0.25) is 0 Å². The summed E-state index contributed by atoms with van der Waals surface area (Å²) in [5.41, 5.74) is 4.93. The first-order chi connectivity index (χ1) is 10.7. The van der Waals surface area contributed by atoms with Crippen LogP contribution in [-0.4, -0.2) is 38.1 Å². The highest BCUT2D eigenvalue weighted by molar-refractivity contribution is 9.11. The molecule has 1 fully saturated rings. The van der Waals surface area contributed by atoms with Crippen LogP contribution in [0.2, 0.25) is 0 Å². The number of aryl methyl sites for hydroxylation is 1. The minimum atomic E-state index is 0.344. The molecule has 1 aromatic heterocycles. The van der Waals surface area contributed by atoms with Gasteiger partial charge in [-0.3, -0.25) is 4.99 Å². The highest BCUT2D eigenvalue weighted by Crippen LogP contribution is 2.33. The van der Waals surface area contributed by atoms with E-state index in [1.165, 1.54) is 21.7 Å². The van der Waals surface area contributed by atoms with Crippen LogP contribution in [0.5, 0.6) is 0 Å². The minimum absolute atomic E-state index is 0.344. The molecule has 2 aromatic rings. The molecular formula is C17H17BrN2OS. The smallest absolute Gasteiger partial charge is 0.0840 e. The van der Waals surface area contributed by atoms with Crippen molar-refractivity contribution in [1.29, 1.82) is 0 Å². The molecule has 5 heteroatoms. The molecule has 3 nitrogen and oxygen atoms in total. The van der Waals surface area contributed by atoms with Crippen LogP contribution in [0.25, 0.3) is 0 Å². The Morgan fingerprint density at radius 3 is 3.05 bits per heavy atom. The second-order valence-corrected chi connectivity index (χ2v) is 8.20. The quantitative estimate of drug-likeness (QED) is 0.754. The van der Waals surface area contributed by atoms with Gasteiger partial charge in [0.25, 0.3) is 0 Å². The van der Waals surface area contributed by atoms with Crippen molar-refractivity contribution in [2.45, 2.75) is 13.0 Å². The number of hydrogen-bond donors (Lipinski definition) is 0. The van der Waals surface area contributed by atoms with E-state index in [0.717, 1.165) is 35.8 Å². The van der Waals surface area contributed by atoms with Crippen LogP contribution in [0.1, 0.15) is 16.0 Å². The Bertz CT molecular complexity index is 740. The van der Waals surface area contributed by atoms with E-state index in [-0.39, 0.29) is 0 Å². The number of anilines is 1. The third-order valence-electron chi connectivity index (χ3n) is 4.21. The van der Waals surface area contributed by atoms with Crippen LogP contribution in [0.3, 0.4) is 0 Å². The molecule has 0 aliphatic carbocycles. The van der Waals surface area contributed by atoms with Gasteiger partial charge in [-0.05, 0) is 47.1 Å². The van der Waals surface area contributed by atoms with Gasteiger partial charge in [-0.2, -0.15) is 0 Å². The molecule has 0 N–H and O–H groups in total. The lowest BCUT2D eigenvalue weighted by Crippen LogP contribution is -2.47. The van der Waals surface area contributed by atoms with Crippen LogP contribution >= 0.6 is 27.3 Å². The van der Waals surface area contributed by atoms with Gasteiger partial charge in [0, 0.05) is 17.8 Å². The molecule has 0 spiro atoms. The zero-order chi connectivity index (χ0) is 15.1. The lowest BCUT2D eigenvalue weighted by Gasteiger charge is -2.36. The van der Waals surface area contributed by atoms with Crippen molar-refractivity contribution < 1.29 is 4.74 Å². The maximum absolute atomic E-state index is 5.66. The van der Waals surface area contributed by atoms with Gasteiger partial charge >= 0.3 is 0 Å². The summed E-state index contributed by atoms with van der Waals surface area (Å²) in [5.74, 6) is 0. The van der Waals surface area contributed by atoms with Crippen molar-refractivity contribution in [3.63, 3.8) is 0 Å². The van der Waals surface area contributed by atoms with E-state index < -0.39 is 0 Å². The molecule has 1 unspecified atom stereocenters. The van der Waals surface area contributed by atoms with Crippen molar-refractivity contribution in [1.82, 2.24) is 0 Å². The Labute approximate surface area is 142 Å². The van der Waals surface area contributed by atoms with Gasteiger partial charge in [-0.15, -0.1) is 11.3 Å². The lowest BCUT2D eigenvalue weighted by molar-refractivity contribution is 0.0966. The number of ether oxygens (including phenoxy) is 1. The molecule has 22 heavy (non-hydrogen) atoms. The van der Waals surface area contributed by atoms with Gasteiger partial charge in [0.15, 0.2) is 0 Å². The first-order valence-electron chi connectivity index (χ1n) is 7.48.